The third kappa shape index (κ3) is 12.4. The molecule has 3 saturated carbocycles. The molecule has 0 aromatic heterocycles. The number of methoxy groups -OCH3 is 1. The molecule has 8 N–H and O–H groups in total. The van der Waals surface area contributed by atoms with Gasteiger partial charge in [0.1, 0.15) is 35.6 Å². The summed E-state index contributed by atoms with van der Waals surface area (Å²) in [5, 5.41) is 88.3. The van der Waals surface area contributed by atoms with Gasteiger partial charge in [0, 0.05) is 63.0 Å². The van der Waals surface area contributed by atoms with Crippen LogP contribution in [0.25, 0.3) is 0 Å². The average molecular weight is 1120 g/mol. The van der Waals surface area contributed by atoms with E-state index in [1.165, 1.54) is 14.0 Å². The second-order valence-corrected chi connectivity index (χ2v) is 27.3. The van der Waals surface area contributed by atoms with Crippen LogP contribution < -0.4 is 5.32 Å². The molecule has 25 atom stereocenters. The lowest BCUT2D eigenvalue weighted by atomic mass is 9.45. The minimum absolute atomic E-state index is 0.0122. The molecule has 6 fully saturated rings. The molecule has 454 valence electrons. The topological polar surface area (TPSA) is 267 Å². The number of amides is 1. The van der Waals surface area contributed by atoms with Gasteiger partial charge in [0.25, 0.3) is 5.91 Å². The maximum Gasteiger partial charge on any atom is 0.311 e. The summed E-state index contributed by atoms with van der Waals surface area (Å²) >= 11 is 0. The molecular formula is C60H103N3O16. The summed E-state index contributed by atoms with van der Waals surface area (Å²) in [7, 11) is 5.24. The lowest BCUT2D eigenvalue weighted by Crippen LogP contribution is -2.63. The average Bonchev–Trinajstić information content (AvgIpc) is 3.96. The molecule has 0 aromatic carbocycles. The van der Waals surface area contributed by atoms with Crippen molar-refractivity contribution < 1.29 is 78.6 Å². The second-order valence-electron chi connectivity index (χ2n) is 27.3. The fraction of sp³-hybridized carbons (Fsp3) is 0.917. The van der Waals surface area contributed by atoms with E-state index in [1.54, 1.807) is 54.5 Å². The number of aliphatic hydroxyl groups excluding tert-OH is 4. The summed E-state index contributed by atoms with van der Waals surface area (Å²) < 4.78 is 38.3. The number of nitrogens with one attached hydrogen (secondary N) is 1. The van der Waals surface area contributed by atoms with E-state index in [0.29, 0.717) is 38.6 Å². The molecule has 0 radical (unpaired) electrons. The Hall–Kier alpha value is -2.21. The van der Waals surface area contributed by atoms with E-state index in [2.05, 4.69) is 12.2 Å². The Labute approximate surface area is 470 Å². The zero-order valence-electron chi connectivity index (χ0n) is 50.4. The summed E-state index contributed by atoms with van der Waals surface area (Å²) in [6, 6.07) is -1.10. The van der Waals surface area contributed by atoms with Crippen LogP contribution in [0.4, 0.5) is 0 Å². The largest absolute Gasteiger partial charge is 0.459 e. The number of allylic oxidation sites excluding steroid dienone is 1. The summed E-state index contributed by atoms with van der Waals surface area (Å²) in [5.74, 6) is -3.33. The number of carbonyl (C=O) groups excluding carboxylic acids is 3. The van der Waals surface area contributed by atoms with Crippen LogP contribution in [-0.4, -0.2) is 206 Å². The van der Waals surface area contributed by atoms with Crippen molar-refractivity contribution >= 4 is 17.7 Å². The highest BCUT2D eigenvalue weighted by Crippen LogP contribution is 2.67. The SMILES string of the molecule is CC[C@H]1OC(=O)[C@H](C)C(O[C@@H]2C[C@](C)(OC)[C@H](O)C(C)O2)[C@H](C)C(O[C@@H]2O[C@H](C)C[C@@H](N(C)C)[C@H]2O)[C@](C)(O)CC(C)CN(CCCNC(=O)[C@@]2(O)CCC3C4CCC5=CC(=O)CC[C@]5(C)C4[C@@H](O)C[C@@]32C)[C@H](C)[C@@H](O)[C@]1(C)O. The van der Waals surface area contributed by atoms with Crippen LogP contribution in [0.2, 0.25) is 0 Å². The van der Waals surface area contributed by atoms with Gasteiger partial charge in [-0.1, -0.05) is 40.2 Å². The molecule has 3 aliphatic heterocycles. The van der Waals surface area contributed by atoms with Crippen LogP contribution in [0.1, 0.15) is 160 Å². The first-order chi connectivity index (χ1) is 36.7. The molecule has 19 nitrogen and oxygen atoms in total. The van der Waals surface area contributed by atoms with E-state index in [9.17, 15) is 50.1 Å². The highest BCUT2D eigenvalue weighted by atomic mass is 16.7. The normalized spacial score (nSPS) is 49.6. The molecule has 7 aliphatic rings. The Morgan fingerprint density at radius 3 is 2.22 bits per heavy atom. The number of cyclic esters (lactones) is 1. The number of ether oxygens (including phenoxy) is 6. The van der Waals surface area contributed by atoms with Gasteiger partial charge in [-0.2, -0.15) is 0 Å². The highest BCUT2D eigenvalue weighted by molar-refractivity contribution is 5.91. The third-order valence-electron chi connectivity index (χ3n) is 21.4. The zero-order valence-corrected chi connectivity index (χ0v) is 50.4. The first-order valence-corrected chi connectivity index (χ1v) is 29.9. The molecule has 7 rings (SSSR count). The number of esters is 1. The van der Waals surface area contributed by atoms with E-state index >= 15 is 0 Å². The Bertz CT molecular complexity index is 2160. The number of aliphatic hydroxyl groups is 7. The van der Waals surface area contributed by atoms with Crippen LogP contribution >= 0.6 is 0 Å². The van der Waals surface area contributed by atoms with Crippen molar-refractivity contribution in [1.29, 1.82) is 0 Å². The summed E-state index contributed by atoms with van der Waals surface area (Å²) in [6.07, 6.45) is -4.17. The number of carbonyl (C=O) groups is 3. The van der Waals surface area contributed by atoms with Gasteiger partial charge in [0.15, 0.2) is 18.4 Å². The van der Waals surface area contributed by atoms with Crippen LogP contribution in [0, 0.1) is 46.3 Å². The molecular weight excluding hydrogens is 1020 g/mol. The van der Waals surface area contributed by atoms with Gasteiger partial charge >= 0.3 is 5.97 Å². The molecule has 7 unspecified atom stereocenters. The molecule has 3 saturated heterocycles. The number of ketones is 1. The number of fused-ring (bicyclic) bond motifs is 5. The second kappa shape index (κ2) is 24.4. The quantitative estimate of drug-likeness (QED) is 0.101. The number of hydrogen-bond acceptors (Lipinski definition) is 18. The molecule has 0 bridgehead atoms. The number of likely N-dealkylation sites (N-methyl/N-ethyl adjacent to an activating group) is 1. The first-order valence-electron chi connectivity index (χ1n) is 29.9. The van der Waals surface area contributed by atoms with Crippen molar-refractivity contribution in [2.24, 2.45) is 46.3 Å². The molecule has 4 aliphatic carbocycles. The van der Waals surface area contributed by atoms with Gasteiger partial charge < -0.3 is 74.4 Å². The van der Waals surface area contributed by atoms with Gasteiger partial charge in [0.05, 0.1) is 47.6 Å². The van der Waals surface area contributed by atoms with Gasteiger partial charge in [-0.15, -0.1) is 0 Å². The first kappa shape index (κ1) is 64.4. The molecule has 1 amide bonds. The number of nitrogens with zero attached hydrogens (tertiary/aromatic N) is 2. The molecule has 0 spiro atoms. The Balaban J connectivity index is 1.15. The predicted octanol–water partition coefficient (Wildman–Crippen LogP) is 4.01. The number of hydrogen-bond donors (Lipinski definition) is 8. The van der Waals surface area contributed by atoms with Gasteiger partial charge in [-0.05, 0) is 162 Å². The van der Waals surface area contributed by atoms with Crippen LogP contribution in [0.15, 0.2) is 11.6 Å². The molecule has 0 aromatic rings. The Morgan fingerprint density at radius 2 is 1.57 bits per heavy atom. The van der Waals surface area contributed by atoms with Crippen molar-refractivity contribution in [3.05, 3.63) is 11.6 Å². The molecule has 19 heteroatoms. The molecule has 79 heavy (non-hydrogen) atoms. The Morgan fingerprint density at radius 1 is 0.886 bits per heavy atom. The third-order valence-corrected chi connectivity index (χ3v) is 21.4. The zero-order chi connectivity index (χ0) is 58.7. The van der Waals surface area contributed by atoms with Gasteiger partial charge in [-0.25, -0.2) is 0 Å². The fourth-order valence-corrected chi connectivity index (χ4v) is 16.6. The van der Waals surface area contributed by atoms with Gasteiger partial charge in [-0.3, -0.25) is 19.3 Å². The smallest absolute Gasteiger partial charge is 0.311 e. The lowest BCUT2D eigenvalue weighted by molar-refractivity contribution is -0.318. The molecule has 3 heterocycles. The summed E-state index contributed by atoms with van der Waals surface area (Å²) in [6.45, 7) is 22.3. The van der Waals surface area contributed by atoms with Gasteiger partial charge in [0.2, 0.25) is 0 Å². The van der Waals surface area contributed by atoms with Crippen molar-refractivity contribution in [3.63, 3.8) is 0 Å². The minimum atomic E-state index is -1.98. The van der Waals surface area contributed by atoms with E-state index in [4.69, 9.17) is 28.4 Å². The van der Waals surface area contributed by atoms with Crippen molar-refractivity contribution in [2.75, 3.05) is 40.8 Å². The number of rotatable bonds is 12. The standard InChI is InChI=1S/C60H103N3O16/c1-16-44-59(12,72)49(67)36(6)63(25-17-24-61-54(70)60(73)23-21-41-40-19-18-38-27-39(64)20-22-55(38,8)46(40)43(65)29-56(41,60)9)31-32(2)28-57(10,71)51(79-53-47(66)42(62(13)14)26-33(3)75-53)34(4)48(35(5)52(69)77-44)78-45-30-58(11,74-15)50(68)37(7)76-45/h27,32-37,40-51,53,65-68,71-73H,16-26,28-31H2,1-15H3,(H,61,70)/t32?,33-,34+,35-,36-,37?,40?,41?,42-,43+,44-,45-,46?,47-,48?,49-,50-,51?,53+,55+,56+,57-,58+,59-,60+/m1/s1. The fourth-order valence-electron chi connectivity index (χ4n) is 16.6. The van der Waals surface area contributed by atoms with Crippen molar-refractivity contribution in [2.45, 2.75) is 262 Å². The maximum absolute atomic E-state index is 14.7. The van der Waals surface area contributed by atoms with Crippen LogP contribution in [0.3, 0.4) is 0 Å². The Kier molecular flexibility index (Phi) is 19.9. The maximum atomic E-state index is 14.7. The highest BCUT2D eigenvalue weighted by Gasteiger charge is 2.68. The van der Waals surface area contributed by atoms with Crippen molar-refractivity contribution in [1.82, 2.24) is 15.1 Å². The van der Waals surface area contributed by atoms with E-state index in [1.807, 2.05) is 44.7 Å². The van der Waals surface area contributed by atoms with Crippen LogP contribution in [0.5, 0.6) is 0 Å². The van der Waals surface area contributed by atoms with E-state index < -0.39 is 119 Å². The lowest BCUT2D eigenvalue weighted by Gasteiger charge is -2.60. The summed E-state index contributed by atoms with van der Waals surface area (Å²) in [5.41, 5.74) is -6.55. The van der Waals surface area contributed by atoms with Crippen LogP contribution in [-0.2, 0) is 42.8 Å². The monoisotopic (exact) mass is 1120 g/mol. The van der Waals surface area contributed by atoms with E-state index in [0.717, 1.165) is 18.4 Å². The van der Waals surface area contributed by atoms with E-state index in [-0.39, 0.29) is 92.2 Å². The predicted molar refractivity (Wildman–Crippen MR) is 294 cm³/mol. The minimum Gasteiger partial charge on any atom is -0.459 e. The summed E-state index contributed by atoms with van der Waals surface area (Å²) in [4.78, 5) is 45.5. The van der Waals surface area contributed by atoms with Crippen molar-refractivity contribution in [3.8, 4) is 0 Å².